The van der Waals surface area contributed by atoms with Crippen LogP contribution in [-0.2, 0) is 4.43 Å². The second kappa shape index (κ2) is 5.99. The van der Waals surface area contributed by atoms with Crippen LogP contribution in [0.1, 0.15) is 27.7 Å². The summed E-state index contributed by atoms with van der Waals surface area (Å²) >= 11 is 6.74. The van der Waals surface area contributed by atoms with Gasteiger partial charge in [0.05, 0.1) is 3.39 Å². The number of hydrogen-bond donors (Lipinski definition) is 0. The quantitative estimate of drug-likeness (QED) is 0.622. The van der Waals surface area contributed by atoms with E-state index in [1.807, 2.05) is 0 Å². The van der Waals surface area contributed by atoms with Crippen LogP contribution >= 0.6 is 31.9 Å². The lowest BCUT2D eigenvalue weighted by Crippen LogP contribution is -2.41. The van der Waals surface area contributed by atoms with Gasteiger partial charge in [-0.05, 0) is 55.9 Å². The van der Waals surface area contributed by atoms with E-state index < -0.39 is 8.32 Å². The molecule has 4 heteroatoms. The molecule has 0 aliphatic rings. The molecule has 15 heavy (non-hydrogen) atoms. The summed E-state index contributed by atoms with van der Waals surface area (Å²) < 4.78 is 7.11. The third-order valence-corrected chi connectivity index (χ3v) is 7.95. The third-order valence-electron chi connectivity index (χ3n) is 2.92. The van der Waals surface area contributed by atoms with Crippen LogP contribution in [0.3, 0.4) is 0 Å². The van der Waals surface area contributed by atoms with Crippen LogP contribution in [0.5, 0.6) is 0 Å². The highest BCUT2D eigenvalue weighted by Gasteiger charge is 2.37. The molecule has 0 aromatic heterocycles. The van der Waals surface area contributed by atoms with E-state index in [-0.39, 0.29) is 0 Å². The largest absolute Gasteiger partial charge is 0.416 e. The van der Waals surface area contributed by atoms with Crippen molar-refractivity contribution in [2.24, 2.45) is 5.92 Å². The van der Waals surface area contributed by atoms with E-state index in [1.165, 1.54) is 0 Å². The second-order valence-corrected chi connectivity index (χ2v) is 13.1. The van der Waals surface area contributed by atoms with Crippen LogP contribution in [0.25, 0.3) is 0 Å². The first-order valence-corrected chi connectivity index (χ1v) is 9.72. The molecular formula is C11H22Br2OSi. The molecule has 0 amide bonds. The molecular weight excluding hydrogens is 336 g/mol. The Bertz CT molecular complexity index is 227. The normalized spacial score (nSPS) is 14.9. The van der Waals surface area contributed by atoms with E-state index in [4.69, 9.17) is 4.43 Å². The Morgan fingerprint density at radius 3 is 2.13 bits per heavy atom. The van der Waals surface area contributed by atoms with E-state index in [2.05, 4.69) is 78.7 Å². The van der Waals surface area contributed by atoms with E-state index in [9.17, 15) is 0 Å². The predicted octanol–water partition coefficient (Wildman–Crippen LogP) is 5.28. The lowest BCUT2D eigenvalue weighted by atomic mass is 10.2. The van der Waals surface area contributed by atoms with Gasteiger partial charge >= 0.3 is 0 Å². The summed E-state index contributed by atoms with van der Waals surface area (Å²) in [5.74, 6) is 0.438. The van der Waals surface area contributed by atoms with Gasteiger partial charge in [-0.2, -0.15) is 0 Å². The van der Waals surface area contributed by atoms with Gasteiger partial charge in [0.2, 0.25) is 0 Å². The fourth-order valence-electron chi connectivity index (χ4n) is 0.819. The van der Waals surface area contributed by atoms with Gasteiger partial charge in [-0.1, -0.05) is 33.8 Å². The molecule has 0 saturated heterocycles. The summed E-state index contributed by atoms with van der Waals surface area (Å²) in [5, 5.41) is 0.294. The maximum Gasteiger partial charge on any atom is 0.192 e. The Hall–Kier alpha value is 0.877. The molecule has 0 bridgehead atoms. The molecule has 0 aromatic rings. The fourth-order valence-corrected chi connectivity index (χ4v) is 2.83. The van der Waals surface area contributed by atoms with Gasteiger partial charge < -0.3 is 4.43 Å². The topological polar surface area (TPSA) is 9.23 Å². The van der Waals surface area contributed by atoms with Crippen LogP contribution in [0, 0.1) is 5.92 Å². The van der Waals surface area contributed by atoms with Crippen molar-refractivity contribution in [3.8, 4) is 0 Å². The summed E-state index contributed by atoms with van der Waals surface area (Å²) in [6.45, 7) is 14.3. The van der Waals surface area contributed by atoms with Gasteiger partial charge in [0.15, 0.2) is 8.32 Å². The van der Waals surface area contributed by atoms with Crippen LogP contribution in [-0.4, -0.2) is 14.9 Å². The van der Waals surface area contributed by atoms with Gasteiger partial charge in [-0.3, -0.25) is 0 Å². The van der Waals surface area contributed by atoms with Crippen LogP contribution in [0.4, 0.5) is 0 Å². The predicted molar refractivity (Wildman–Crippen MR) is 78.3 cm³/mol. The molecule has 0 aliphatic heterocycles. The van der Waals surface area contributed by atoms with Crippen LogP contribution in [0.15, 0.2) is 9.47 Å². The minimum absolute atomic E-state index is 0.294. The van der Waals surface area contributed by atoms with Crippen molar-refractivity contribution in [3.63, 3.8) is 0 Å². The van der Waals surface area contributed by atoms with Crippen molar-refractivity contribution >= 4 is 40.2 Å². The summed E-state index contributed by atoms with van der Waals surface area (Å²) in [6, 6.07) is 0. The zero-order valence-corrected chi connectivity index (χ0v) is 14.7. The monoisotopic (exact) mass is 356 g/mol. The van der Waals surface area contributed by atoms with Gasteiger partial charge in [0.1, 0.15) is 0 Å². The van der Waals surface area contributed by atoms with Gasteiger partial charge in [-0.15, -0.1) is 0 Å². The molecule has 1 atom stereocenters. The average Bonchev–Trinajstić information content (AvgIpc) is 1.97. The van der Waals surface area contributed by atoms with Crippen molar-refractivity contribution < 1.29 is 4.43 Å². The molecule has 0 N–H and O–H groups in total. The van der Waals surface area contributed by atoms with Crippen molar-refractivity contribution in [1.82, 2.24) is 0 Å². The first-order chi connectivity index (χ1) is 6.56. The molecule has 90 valence electrons. The molecule has 0 aromatic carbocycles. The minimum Gasteiger partial charge on any atom is -0.416 e. The number of rotatable bonds is 4. The number of halogens is 2. The Balaban J connectivity index is 4.22. The molecule has 0 fully saturated rings. The Morgan fingerprint density at radius 1 is 1.33 bits per heavy atom. The van der Waals surface area contributed by atoms with Gasteiger partial charge in [-0.25, -0.2) is 0 Å². The lowest BCUT2D eigenvalue weighted by Gasteiger charge is -2.36. The zero-order valence-electron chi connectivity index (χ0n) is 10.5. The van der Waals surface area contributed by atoms with Crippen molar-refractivity contribution in [1.29, 1.82) is 0 Å². The maximum atomic E-state index is 6.11. The van der Waals surface area contributed by atoms with Gasteiger partial charge in [0, 0.05) is 6.61 Å². The van der Waals surface area contributed by atoms with Crippen LogP contribution < -0.4 is 0 Å². The summed E-state index contributed by atoms with van der Waals surface area (Å²) in [4.78, 5) is 0. The lowest BCUT2D eigenvalue weighted by molar-refractivity contribution is 0.259. The molecule has 0 spiro atoms. The Labute approximate surface area is 112 Å². The SMILES string of the molecule is C[C@H](C=C(Br)Br)CO[Si](C)(C)C(C)(C)C. The first-order valence-electron chi connectivity index (χ1n) is 5.23. The highest BCUT2D eigenvalue weighted by Crippen LogP contribution is 2.36. The van der Waals surface area contributed by atoms with Gasteiger partial charge in [0.25, 0.3) is 0 Å². The second-order valence-electron chi connectivity index (χ2n) is 5.50. The van der Waals surface area contributed by atoms with E-state index in [0.29, 0.717) is 11.0 Å². The molecule has 1 nitrogen and oxygen atoms in total. The molecule has 0 rings (SSSR count). The van der Waals surface area contributed by atoms with E-state index >= 15 is 0 Å². The number of hydrogen-bond acceptors (Lipinski definition) is 1. The standard InChI is InChI=1S/C11H22Br2OSi/c1-9(7-10(12)13)8-14-15(5,6)11(2,3)4/h7,9H,8H2,1-6H3/t9-/m1/s1. The summed E-state index contributed by atoms with van der Waals surface area (Å²) in [5.41, 5.74) is 0. The zero-order chi connectivity index (χ0) is 12.3. The first kappa shape index (κ1) is 15.9. The third kappa shape index (κ3) is 6.24. The summed E-state index contributed by atoms with van der Waals surface area (Å²) in [7, 11) is -1.58. The minimum atomic E-state index is -1.58. The van der Waals surface area contributed by atoms with Crippen molar-refractivity contribution in [2.75, 3.05) is 6.61 Å². The molecule has 0 saturated carbocycles. The van der Waals surface area contributed by atoms with Crippen molar-refractivity contribution in [2.45, 2.75) is 45.8 Å². The molecule has 0 heterocycles. The highest BCUT2D eigenvalue weighted by atomic mass is 79.9. The Morgan fingerprint density at radius 2 is 1.80 bits per heavy atom. The highest BCUT2D eigenvalue weighted by molar-refractivity contribution is 9.28. The van der Waals surface area contributed by atoms with Crippen LogP contribution in [0.2, 0.25) is 18.1 Å². The molecule has 0 radical (unpaired) electrons. The maximum absolute atomic E-state index is 6.11. The van der Waals surface area contributed by atoms with E-state index in [1.54, 1.807) is 0 Å². The molecule has 0 aliphatic carbocycles. The summed E-state index contributed by atoms with van der Waals surface area (Å²) in [6.07, 6.45) is 2.12. The fraction of sp³-hybridized carbons (Fsp3) is 0.818. The van der Waals surface area contributed by atoms with E-state index in [0.717, 1.165) is 10.00 Å². The average molecular weight is 358 g/mol. The molecule has 0 unspecified atom stereocenters. The smallest absolute Gasteiger partial charge is 0.192 e. The van der Waals surface area contributed by atoms with Crippen molar-refractivity contribution in [3.05, 3.63) is 9.47 Å². The Kier molecular flexibility index (Phi) is 6.34.